The van der Waals surface area contributed by atoms with Gasteiger partial charge in [-0.2, -0.15) is 4.99 Å². The Labute approximate surface area is 454 Å². The van der Waals surface area contributed by atoms with E-state index in [-0.39, 0.29) is 79.3 Å². The number of nitrogens with one attached hydrogen (secondary N) is 1. The van der Waals surface area contributed by atoms with E-state index in [9.17, 15) is 30.0 Å². The minimum atomic E-state index is -0.557. The van der Waals surface area contributed by atoms with Crippen LogP contribution in [-0.4, -0.2) is 75.5 Å². The lowest BCUT2D eigenvalue weighted by molar-refractivity contribution is -0.206. The number of carboxylic acids is 2. The number of aliphatic hydroxyl groups excluding tert-OH is 2. The van der Waals surface area contributed by atoms with Crippen LogP contribution in [0, 0.1) is 119 Å². The number of guanidine groups is 2. The van der Waals surface area contributed by atoms with E-state index < -0.39 is 22.8 Å². The topological polar surface area (TPSA) is 207 Å². The van der Waals surface area contributed by atoms with Crippen molar-refractivity contribution in [3.8, 4) is 0 Å². The monoisotopic (exact) mass is 1040 g/mol. The first-order chi connectivity index (χ1) is 34.5. The zero-order chi connectivity index (χ0) is 55.8. The van der Waals surface area contributed by atoms with Gasteiger partial charge in [0.2, 0.25) is 5.96 Å². The van der Waals surface area contributed by atoms with Gasteiger partial charge in [-0.3, -0.25) is 15.0 Å². The van der Waals surface area contributed by atoms with Crippen LogP contribution in [0.2, 0.25) is 0 Å². The number of nitrogens with zero attached hydrogens (tertiary/aromatic N) is 2. The summed E-state index contributed by atoms with van der Waals surface area (Å²) in [6, 6.07) is 0. The third-order valence-electron chi connectivity index (χ3n) is 27.4. The van der Waals surface area contributed by atoms with Crippen molar-refractivity contribution in [2.24, 2.45) is 130 Å². The van der Waals surface area contributed by atoms with Gasteiger partial charge in [0.05, 0.1) is 23.0 Å². The van der Waals surface area contributed by atoms with Crippen LogP contribution in [0.25, 0.3) is 0 Å². The Bertz CT molecular complexity index is 2200. The molecule has 0 heterocycles. The van der Waals surface area contributed by atoms with E-state index in [0.717, 1.165) is 89.9 Å². The van der Waals surface area contributed by atoms with Crippen molar-refractivity contribution in [3.63, 3.8) is 0 Å². The molecular formula is C64H107N5O6. The highest BCUT2D eigenvalue weighted by atomic mass is 16.4. The Hall–Kier alpha value is -2.92. The first kappa shape index (κ1) is 58.2. The fraction of sp³-hybridized carbons (Fsp3) is 0.875. The molecule has 11 heteroatoms. The zero-order valence-electron chi connectivity index (χ0n) is 50.0. The number of rotatable bonds is 2. The summed E-state index contributed by atoms with van der Waals surface area (Å²) in [5.41, 5.74) is 12.9. The lowest BCUT2D eigenvalue weighted by Crippen LogP contribution is -2.65. The third kappa shape index (κ3) is 8.22. The van der Waals surface area contributed by atoms with Gasteiger partial charge in [0.1, 0.15) is 0 Å². The number of carboxylic acid groups (broad SMARTS) is 2. The van der Waals surface area contributed by atoms with Gasteiger partial charge in [0.15, 0.2) is 5.96 Å². The first-order valence-corrected chi connectivity index (χ1v) is 30.1. The van der Waals surface area contributed by atoms with Gasteiger partial charge in [-0.1, -0.05) is 120 Å². The Morgan fingerprint density at radius 1 is 0.547 bits per heavy atom. The smallest absolute Gasteiger partial charge is 0.310 e. The first-order valence-electron chi connectivity index (χ1n) is 30.1. The molecule has 10 aliphatic rings. The van der Waals surface area contributed by atoms with Gasteiger partial charge in [-0.15, -0.1) is 0 Å². The summed E-state index contributed by atoms with van der Waals surface area (Å²) in [4.78, 5) is 30.5. The maximum absolute atomic E-state index is 12.8. The lowest BCUT2D eigenvalue weighted by Gasteiger charge is -2.71. The molecular weight excluding hydrogens is 935 g/mol. The van der Waals surface area contributed by atoms with Crippen molar-refractivity contribution < 1.29 is 30.0 Å². The number of carbonyl (C=O) groups is 2. The number of aliphatic carboxylic acids is 2. The predicted molar refractivity (Wildman–Crippen MR) is 302 cm³/mol. The number of aliphatic hydroxyl groups is 2. The lowest BCUT2D eigenvalue weighted by atomic mass is 9.33. The SMILES string of the molecule is CN(C)C(=N)N=C(N)N.C[C@@H]1CC[C@]2(C(=O)O)CC[C@]3(C)C(=CC[C@@H]4[C@@]5(C)CC[C@H](O)C(C)(C)[C@@H]5CC[C@]43C)C2[C@H]1C.C[C@@H]1CC[C@]2(C(=O)O)CC[C@]3(C)C(=CC[C@@H]4[C@@]5(C)CC[C@H](O)C(C)(C)[C@@H]5CC[C@]43C)C2[C@H]1C. The summed E-state index contributed by atoms with van der Waals surface area (Å²) in [5, 5.41) is 49.9. The molecule has 0 aromatic carbocycles. The summed E-state index contributed by atoms with van der Waals surface area (Å²) in [5.74, 6) is 3.61. The Morgan fingerprint density at radius 2 is 0.907 bits per heavy atom. The molecule has 75 heavy (non-hydrogen) atoms. The molecule has 0 bridgehead atoms. The van der Waals surface area contributed by atoms with Crippen LogP contribution < -0.4 is 11.5 Å². The Kier molecular flexibility index (Phi) is 14.9. The van der Waals surface area contributed by atoms with Crippen molar-refractivity contribution in [2.45, 2.75) is 225 Å². The quantitative estimate of drug-likeness (QED) is 0.0797. The van der Waals surface area contributed by atoms with E-state index in [0.29, 0.717) is 47.3 Å². The van der Waals surface area contributed by atoms with E-state index in [2.05, 4.69) is 114 Å². The average Bonchev–Trinajstić information content (AvgIpc) is 3.32. The summed E-state index contributed by atoms with van der Waals surface area (Å²) < 4.78 is 0. The molecule has 8 saturated carbocycles. The van der Waals surface area contributed by atoms with E-state index in [1.807, 2.05) is 0 Å². The zero-order valence-corrected chi connectivity index (χ0v) is 50.0. The standard InChI is InChI=1S/2C30H48O3.C4H11N5/c2*1-18-10-15-30(25(32)33)17-16-28(6)20(24(30)19(18)2)8-9-22-27(5)13-12-23(31)26(3,4)21(27)11-14-29(22,28)7;1-9(2)4(7)8-3(5)6/h2*8,18-19,21-24,31H,9-17H2,1-7H3,(H,32,33);1-2H3,(H5,5,6,7,8)/t2*18-,19+,21+,22-,23+,24?,27+,28-,29-,30+;/m11./s1. The van der Waals surface area contributed by atoms with E-state index >= 15 is 0 Å². The molecule has 8 fully saturated rings. The van der Waals surface area contributed by atoms with Crippen molar-refractivity contribution >= 4 is 23.9 Å². The maximum Gasteiger partial charge on any atom is 0.310 e. The molecule has 0 amide bonds. The van der Waals surface area contributed by atoms with Gasteiger partial charge in [-0.25, -0.2) is 0 Å². The van der Waals surface area contributed by atoms with Crippen molar-refractivity contribution in [3.05, 3.63) is 23.3 Å². The van der Waals surface area contributed by atoms with Gasteiger partial charge in [0, 0.05) is 14.1 Å². The van der Waals surface area contributed by atoms with E-state index in [4.69, 9.17) is 16.9 Å². The van der Waals surface area contributed by atoms with Gasteiger partial charge in [-0.05, 0) is 218 Å². The summed E-state index contributed by atoms with van der Waals surface area (Å²) in [6.07, 6.45) is 23.3. The molecule has 0 aromatic rings. The highest BCUT2D eigenvalue weighted by Crippen LogP contribution is 2.78. The van der Waals surface area contributed by atoms with Crippen molar-refractivity contribution in [2.75, 3.05) is 14.1 Å². The number of nitrogens with two attached hydrogens (primary N) is 2. The number of allylic oxidation sites excluding steroid dienone is 4. The van der Waals surface area contributed by atoms with Crippen LogP contribution in [0.4, 0.5) is 0 Å². The van der Waals surface area contributed by atoms with Crippen molar-refractivity contribution in [1.29, 1.82) is 5.41 Å². The highest BCUT2D eigenvalue weighted by Gasteiger charge is 2.72. The van der Waals surface area contributed by atoms with Crippen LogP contribution >= 0.6 is 0 Å². The molecule has 11 nitrogen and oxygen atoms in total. The second-order valence-corrected chi connectivity index (χ2v) is 30.7. The molecule has 2 unspecified atom stereocenters. The molecule has 20 atom stereocenters. The molecule has 10 rings (SSSR count). The predicted octanol–water partition coefficient (Wildman–Crippen LogP) is 12.9. The fourth-order valence-electron chi connectivity index (χ4n) is 21.9. The minimum absolute atomic E-state index is 0.0302. The van der Waals surface area contributed by atoms with Crippen LogP contribution in [0.15, 0.2) is 28.3 Å². The molecule has 0 aliphatic heterocycles. The molecule has 9 N–H and O–H groups in total. The number of fused-ring (bicyclic) bond motifs is 14. The fourth-order valence-corrected chi connectivity index (χ4v) is 21.9. The summed E-state index contributed by atoms with van der Waals surface area (Å²) in [7, 11) is 3.38. The summed E-state index contributed by atoms with van der Waals surface area (Å²) >= 11 is 0. The molecule has 10 aliphatic carbocycles. The molecule has 424 valence electrons. The molecule has 0 aromatic heterocycles. The molecule has 0 radical (unpaired) electrons. The van der Waals surface area contributed by atoms with E-state index in [1.165, 1.54) is 41.7 Å². The summed E-state index contributed by atoms with van der Waals surface area (Å²) in [6.45, 7) is 33.9. The van der Waals surface area contributed by atoms with Crippen molar-refractivity contribution in [1.82, 2.24) is 4.90 Å². The Morgan fingerprint density at radius 3 is 1.21 bits per heavy atom. The van der Waals surface area contributed by atoms with Crippen LogP contribution in [0.5, 0.6) is 0 Å². The van der Waals surface area contributed by atoms with Crippen LogP contribution in [0.1, 0.15) is 213 Å². The number of aliphatic imine (C=N–C) groups is 1. The van der Waals surface area contributed by atoms with Gasteiger partial charge < -0.3 is 36.8 Å². The second kappa shape index (κ2) is 19.1. The molecule has 0 spiro atoms. The second-order valence-electron chi connectivity index (χ2n) is 30.7. The van der Waals surface area contributed by atoms with E-state index in [1.54, 1.807) is 14.1 Å². The largest absolute Gasteiger partial charge is 0.481 e. The molecule has 0 saturated heterocycles. The number of hydrogen-bond donors (Lipinski definition) is 7. The average molecular weight is 1040 g/mol. The minimum Gasteiger partial charge on any atom is -0.481 e. The van der Waals surface area contributed by atoms with Crippen LogP contribution in [-0.2, 0) is 9.59 Å². The highest BCUT2D eigenvalue weighted by molar-refractivity contribution is 5.91. The normalized spacial score (nSPS) is 49.7. The van der Waals surface area contributed by atoms with Gasteiger partial charge in [0.25, 0.3) is 0 Å². The van der Waals surface area contributed by atoms with Gasteiger partial charge >= 0.3 is 11.9 Å². The third-order valence-corrected chi connectivity index (χ3v) is 27.4. The Balaban J connectivity index is 0.000000172. The number of hydrogen-bond acceptors (Lipinski definition) is 5. The van der Waals surface area contributed by atoms with Crippen LogP contribution in [0.3, 0.4) is 0 Å². The maximum atomic E-state index is 12.8.